The lowest BCUT2D eigenvalue weighted by molar-refractivity contribution is 0.0860. The van der Waals surface area contributed by atoms with Crippen molar-refractivity contribution in [3.63, 3.8) is 0 Å². The first-order chi connectivity index (χ1) is 5.18. The van der Waals surface area contributed by atoms with Crippen LogP contribution in [0, 0.1) is 6.92 Å². The molecular weight excluding hydrogens is 143 g/mol. The number of hydrogen-bond acceptors (Lipinski definition) is 1. The Hall–Kier alpha value is -1.05. The predicted molar refractivity (Wildman–Crippen MR) is 42.4 cm³/mol. The number of rotatable bonds is 2. The summed E-state index contributed by atoms with van der Waals surface area (Å²) >= 11 is 0. The molecule has 1 aromatic rings. The van der Waals surface area contributed by atoms with E-state index in [1.165, 1.54) is 6.92 Å². The van der Waals surface area contributed by atoms with Gasteiger partial charge in [0.05, 0.1) is 0 Å². The highest BCUT2D eigenvalue weighted by Crippen LogP contribution is 2.13. The van der Waals surface area contributed by atoms with Gasteiger partial charge < -0.3 is 4.74 Å². The van der Waals surface area contributed by atoms with Crippen molar-refractivity contribution in [1.82, 2.24) is 0 Å². The van der Waals surface area contributed by atoms with E-state index in [-0.39, 0.29) is 0 Å². The maximum atomic E-state index is 12.3. The van der Waals surface area contributed by atoms with Crippen molar-refractivity contribution in [2.45, 2.75) is 20.2 Å². The number of ether oxygens (including phenoxy) is 1. The number of benzene rings is 1. The first-order valence-electron chi connectivity index (χ1n) is 3.56. The Kier molecular flexibility index (Phi) is 2.47. The van der Waals surface area contributed by atoms with E-state index >= 15 is 0 Å². The number of alkyl halides is 1. The molecule has 11 heavy (non-hydrogen) atoms. The van der Waals surface area contributed by atoms with Crippen molar-refractivity contribution < 1.29 is 9.13 Å². The maximum Gasteiger partial charge on any atom is 0.235 e. The van der Waals surface area contributed by atoms with Crippen molar-refractivity contribution in [1.29, 1.82) is 0 Å². The van der Waals surface area contributed by atoms with Crippen molar-refractivity contribution in [3.8, 4) is 5.75 Å². The summed E-state index contributed by atoms with van der Waals surface area (Å²) in [5.41, 5.74) is 1.07. The lowest BCUT2D eigenvalue weighted by Gasteiger charge is -2.06. The first-order valence-corrected chi connectivity index (χ1v) is 3.56. The molecule has 60 valence electrons. The van der Waals surface area contributed by atoms with Gasteiger partial charge in [-0.3, -0.25) is 0 Å². The molecule has 1 aromatic carbocycles. The van der Waals surface area contributed by atoms with Crippen molar-refractivity contribution >= 4 is 0 Å². The van der Waals surface area contributed by atoms with Crippen LogP contribution in [0.15, 0.2) is 24.3 Å². The van der Waals surface area contributed by atoms with Crippen LogP contribution in [0.5, 0.6) is 5.75 Å². The van der Waals surface area contributed by atoms with Crippen molar-refractivity contribution in [3.05, 3.63) is 29.8 Å². The summed E-state index contributed by atoms with van der Waals surface area (Å²) in [4.78, 5) is 0. The second-order valence-electron chi connectivity index (χ2n) is 2.48. The molecule has 0 N–H and O–H groups in total. The van der Waals surface area contributed by atoms with Crippen molar-refractivity contribution in [2.24, 2.45) is 0 Å². The van der Waals surface area contributed by atoms with Crippen LogP contribution in [-0.4, -0.2) is 6.36 Å². The highest BCUT2D eigenvalue weighted by atomic mass is 19.1. The van der Waals surface area contributed by atoms with Gasteiger partial charge in [0, 0.05) is 6.92 Å². The Bertz CT molecular complexity index is 233. The average molecular weight is 154 g/mol. The summed E-state index contributed by atoms with van der Waals surface area (Å²) in [5, 5.41) is 0. The molecule has 0 radical (unpaired) electrons. The van der Waals surface area contributed by atoms with Crippen LogP contribution in [-0.2, 0) is 0 Å². The summed E-state index contributed by atoms with van der Waals surface area (Å²) in [6, 6.07) is 7.32. The van der Waals surface area contributed by atoms with Crippen LogP contribution in [0.2, 0.25) is 0 Å². The molecule has 0 heterocycles. The van der Waals surface area contributed by atoms with Gasteiger partial charge in [0.2, 0.25) is 6.36 Å². The normalized spacial score (nSPS) is 12.6. The molecule has 2 heteroatoms. The highest BCUT2D eigenvalue weighted by molar-refractivity contribution is 5.27. The number of aryl methyl sites for hydroxylation is 1. The molecule has 0 aliphatic rings. The minimum Gasteiger partial charge on any atom is -0.461 e. The maximum absolute atomic E-state index is 12.3. The molecule has 0 bridgehead atoms. The molecule has 0 fully saturated rings. The zero-order chi connectivity index (χ0) is 8.27. The highest BCUT2D eigenvalue weighted by Gasteiger charge is 1.98. The van der Waals surface area contributed by atoms with Crippen LogP contribution < -0.4 is 4.74 Å². The minimum atomic E-state index is -1.24. The smallest absolute Gasteiger partial charge is 0.235 e. The molecular formula is C9H11FO. The average Bonchev–Trinajstić information content (AvgIpc) is 1.85. The quantitative estimate of drug-likeness (QED) is 0.636. The Labute approximate surface area is 65.8 Å². The molecule has 0 saturated heterocycles. The molecule has 0 aliphatic heterocycles. The van der Waals surface area contributed by atoms with Gasteiger partial charge in [0.15, 0.2) is 0 Å². The van der Waals surface area contributed by atoms with Crippen molar-refractivity contribution in [2.75, 3.05) is 0 Å². The summed E-state index contributed by atoms with van der Waals surface area (Å²) in [6.07, 6.45) is -1.24. The van der Waals surface area contributed by atoms with Crippen LogP contribution >= 0.6 is 0 Å². The van der Waals surface area contributed by atoms with Gasteiger partial charge in [-0.15, -0.1) is 0 Å². The third-order valence-electron chi connectivity index (χ3n) is 1.29. The molecule has 0 spiro atoms. The molecule has 0 saturated carbocycles. The van der Waals surface area contributed by atoms with Gasteiger partial charge >= 0.3 is 0 Å². The molecule has 1 atom stereocenters. The fourth-order valence-electron chi connectivity index (χ4n) is 0.876. The third kappa shape index (κ3) is 2.58. The fourth-order valence-corrected chi connectivity index (χ4v) is 0.876. The van der Waals surface area contributed by atoms with Gasteiger partial charge in [-0.05, 0) is 24.6 Å². The Morgan fingerprint density at radius 3 is 2.73 bits per heavy atom. The van der Waals surface area contributed by atoms with E-state index in [9.17, 15) is 4.39 Å². The number of halogens is 1. The third-order valence-corrected chi connectivity index (χ3v) is 1.29. The van der Waals surface area contributed by atoms with E-state index in [1.54, 1.807) is 12.1 Å². The van der Waals surface area contributed by atoms with Crippen LogP contribution in [0.4, 0.5) is 4.39 Å². The summed E-state index contributed by atoms with van der Waals surface area (Å²) < 4.78 is 17.1. The van der Waals surface area contributed by atoms with Gasteiger partial charge in [-0.1, -0.05) is 12.1 Å². The van der Waals surface area contributed by atoms with Gasteiger partial charge in [-0.2, -0.15) is 0 Å². The van der Waals surface area contributed by atoms with Gasteiger partial charge in [0.1, 0.15) is 5.75 Å². The molecule has 0 unspecified atom stereocenters. The van der Waals surface area contributed by atoms with Crippen LogP contribution in [0.1, 0.15) is 12.5 Å². The van der Waals surface area contributed by atoms with E-state index in [4.69, 9.17) is 4.74 Å². The largest absolute Gasteiger partial charge is 0.461 e. The molecule has 0 aromatic heterocycles. The van der Waals surface area contributed by atoms with Gasteiger partial charge in [-0.25, -0.2) is 4.39 Å². The molecule has 1 nitrogen and oxygen atoms in total. The van der Waals surface area contributed by atoms with Gasteiger partial charge in [0.25, 0.3) is 0 Å². The van der Waals surface area contributed by atoms with Crippen LogP contribution in [0.25, 0.3) is 0 Å². The SMILES string of the molecule is Cc1cccc(O[C@@H](C)F)c1. The first kappa shape index (κ1) is 8.05. The Morgan fingerprint density at radius 1 is 1.45 bits per heavy atom. The van der Waals surface area contributed by atoms with E-state index in [2.05, 4.69) is 0 Å². The van der Waals surface area contributed by atoms with E-state index < -0.39 is 6.36 Å². The lowest BCUT2D eigenvalue weighted by atomic mass is 10.2. The Morgan fingerprint density at radius 2 is 2.18 bits per heavy atom. The fraction of sp³-hybridized carbons (Fsp3) is 0.333. The van der Waals surface area contributed by atoms with Crippen LogP contribution in [0.3, 0.4) is 0 Å². The summed E-state index contributed by atoms with van der Waals surface area (Å²) in [6.45, 7) is 3.30. The second-order valence-corrected chi connectivity index (χ2v) is 2.48. The molecule has 0 amide bonds. The predicted octanol–water partition coefficient (Wildman–Crippen LogP) is 2.69. The Balaban J connectivity index is 2.71. The molecule has 1 rings (SSSR count). The van der Waals surface area contributed by atoms with E-state index in [0.29, 0.717) is 5.75 Å². The zero-order valence-corrected chi connectivity index (χ0v) is 6.67. The second kappa shape index (κ2) is 3.37. The minimum absolute atomic E-state index is 0.583. The summed E-state index contributed by atoms with van der Waals surface area (Å²) in [7, 11) is 0. The zero-order valence-electron chi connectivity index (χ0n) is 6.67. The number of hydrogen-bond donors (Lipinski definition) is 0. The monoisotopic (exact) mass is 154 g/mol. The topological polar surface area (TPSA) is 9.23 Å². The van der Waals surface area contributed by atoms with E-state index in [1.807, 2.05) is 19.1 Å². The standard InChI is InChI=1S/C9H11FO/c1-7-4-3-5-9(6-7)11-8(2)10/h3-6,8H,1-2H3/t8-/m0/s1. The molecule has 0 aliphatic carbocycles. The lowest BCUT2D eigenvalue weighted by Crippen LogP contribution is -2.03. The summed E-state index contributed by atoms with van der Waals surface area (Å²) in [5.74, 6) is 0.583. The van der Waals surface area contributed by atoms with E-state index in [0.717, 1.165) is 5.56 Å².